The average Bonchev–Trinajstić information content (AvgIpc) is 3.47. The SMILES string of the molecule is CO[C@@](C(=O)OC[C@H]1[C@H]([C@@H](C)COC(=O)[C@](OC)(c2ccccc2)C(F)(F)F)[C@@H](OC(=O)[C@](OC)(c2ccccc2)C(F)(F)F)C[C@@H]1C)(c1ccccc1)C(F)(F)F. The molecule has 1 aliphatic rings. The standard InChI is InChI=1S/C40H41F9O9/c1-24-21-30(58-34(52)37(55-5,40(47,48)49)28-19-13-8-14-20-28)31(25(2)22-56-32(50)35(53-3,38(41,42)43)26-15-9-6-10-16-26)29(24)23-57-33(51)36(54-4,39(44,45)46)27-17-11-7-12-18-27/h6-20,24-25,29-31H,21-23H2,1-5H3/t24-,25-,29+,30-,31-,35+,36+,37+/m0/s1. The van der Waals surface area contributed by atoms with Gasteiger partial charge < -0.3 is 28.4 Å². The molecule has 8 atom stereocenters. The summed E-state index contributed by atoms with van der Waals surface area (Å²) in [6.07, 6.45) is -18.0. The molecule has 0 unspecified atom stereocenters. The Kier molecular flexibility index (Phi) is 14.0. The van der Waals surface area contributed by atoms with Gasteiger partial charge in [-0.25, -0.2) is 14.4 Å². The minimum Gasteiger partial charge on any atom is -0.463 e. The van der Waals surface area contributed by atoms with Crippen LogP contribution in [0.4, 0.5) is 39.5 Å². The van der Waals surface area contributed by atoms with Crippen LogP contribution in [0.5, 0.6) is 0 Å². The van der Waals surface area contributed by atoms with Gasteiger partial charge in [-0.3, -0.25) is 0 Å². The maximum absolute atomic E-state index is 14.8. The largest absolute Gasteiger partial charge is 0.463 e. The molecule has 3 aromatic carbocycles. The first-order valence-corrected chi connectivity index (χ1v) is 17.7. The minimum atomic E-state index is -5.41. The summed E-state index contributed by atoms with van der Waals surface area (Å²) in [6, 6.07) is 17.4. The Morgan fingerprint density at radius 2 is 0.931 bits per heavy atom. The highest BCUT2D eigenvalue weighted by atomic mass is 19.4. The second kappa shape index (κ2) is 17.7. The predicted octanol–water partition coefficient (Wildman–Crippen LogP) is 8.21. The van der Waals surface area contributed by atoms with Gasteiger partial charge in [0.25, 0.3) is 16.8 Å². The number of methoxy groups -OCH3 is 3. The predicted molar refractivity (Wildman–Crippen MR) is 185 cm³/mol. The first-order chi connectivity index (χ1) is 27.1. The summed E-state index contributed by atoms with van der Waals surface area (Å²) >= 11 is 0. The van der Waals surface area contributed by atoms with E-state index in [9.17, 15) is 53.9 Å². The highest BCUT2D eigenvalue weighted by Gasteiger charge is 2.67. The molecule has 1 aliphatic carbocycles. The van der Waals surface area contributed by atoms with Crippen molar-refractivity contribution in [2.45, 2.75) is 61.7 Å². The zero-order valence-corrected chi connectivity index (χ0v) is 31.7. The lowest BCUT2D eigenvalue weighted by Gasteiger charge is -2.37. The number of ether oxygens (including phenoxy) is 6. The lowest BCUT2D eigenvalue weighted by molar-refractivity contribution is -0.280. The molecule has 3 aromatic rings. The fraction of sp³-hybridized carbons (Fsp3) is 0.475. The Bertz CT molecular complexity index is 1840. The number of hydrogen-bond donors (Lipinski definition) is 0. The van der Waals surface area contributed by atoms with Crippen LogP contribution in [0.2, 0.25) is 0 Å². The van der Waals surface area contributed by atoms with Gasteiger partial charge in [0.05, 0.1) is 13.2 Å². The molecule has 0 radical (unpaired) electrons. The van der Waals surface area contributed by atoms with Gasteiger partial charge in [-0.05, 0) is 18.3 Å². The van der Waals surface area contributed by atoms with Crippen molar-refractivity contribution in [3.05, 3.63) is 108 Å². The number of benzene rings is 3. The normalized spacial score (nSPS) is 22.4. The van der Waals surface area contributed by atoms with Gasteiger partial charge in [-0.15, -0.1) is 0 Å². The van der Waals surface area contributed by atoms with Crippen LogP contribution in [0.1, 0.15) is 37.0 Å². The van der Waals surface area contributed by atoms with Crippen molar-refractivity contribution in [2.75, 3.05) is 34.5 Å². The van der Waals surface area contributed by atoms with E-state index in [4.69, 9.17) is 28.4 Å². The molecule has 0 spiro atoms. The van der Waals surface area contributed by atoms with Crippen LogP contribution in [0.25, 0.3) is 0 Å². The molecule has 4 rings (SSSR count). The molecule has 58 heavy (non-hydrogen) atoms. The Morgan fingerprint density at radius 3 is 1.28 bits per heavy atom. The van der Waals surface area contributed by atoms with E-state index in [1.807, 2.05) is 0 Å². The molecular weight excluding hydrogens is 795 g/mol. The van der Waals surface area contributed by atoms with Crippen LogP contribution >= 0.6 is 0 Å². The van der Waals surface area contributed by atoms with E-state index < -0.39 is 113 Å². The second-order valence-electron chi connectivity index (χ2n) is 13.8. The molecule has 0 N–H and O–H groups in total. The maximum atomic E-state index is 14.8. The first-order valence-electron chi connectivity index (χ1n) is 17.7. The monoisotopic (exact) mass is 836 g/mol. The van der Waals surface area contributed by atoms with E-state index in [1.54, 1.807) is 0 Å². The summed E-state index contributed by atoms with van der Waals surface area (Å²) in [7, 11) is 1.90. The van der Waals surface area contributed by atoms with Crippen molar-refractivity contribution in [3.63, 3.8) is 0 Å². The third-order valence-corrected chi connectivity index (χ3v) is 10.6. The van der Waals surface area contributed by atoms with Gasteiger partial charge >= 0.3 is 36.4 Å². The molecule has 0 amide bonds. The maximum Gasteiger partial charge on any atom is 0.432 e. The fourth-order valence-electron chi connectivity index (χ4n) is 7.62. The Morgan fingerprint density at radius 1 is 0.586 bits per heavy atom. The number of esters is 3. The smallest absolute Gasteiger partial charge is 0.432 e. The highest BCUT2D eigenvalue weighted by molar-refractivity contribution is 5.84. The van der Waals surface area contributed by atoms with Gasteiger partial charge in [0, 0.05) is 49.9 Å². The summed E-state index contributed by atoms with van der Waals surface area (Å²) in [5.74, 6) is -10.2. The zero-order valence-electron chi connectivity index (χ0n) is 31.7. The molecule has 18 heteroatoms. The van der Waals surface area contributed by atoms with Crippen molar-refractivity contribution in [3.8, 4) is 0 Å². The van der Waals surface area contributed by atoms with Crippen LogP contribution in [-0.2, 0) is 59.6 Å². The van der Waals surface area contributed by atoms with Crippen molar-refractivity contribution < 1.29 is 82.3 Å². The number of carbonyl (C=O) groups is 3. The van der Waals surface area contributed by atoms with Crippen LogP contribution < -0.4 is 0 Å². The summed E-state index contributed by atoms with van der Waals surface area (Å²) < 4.78 is 163. The highest BCUT2D eigenvalue weighted by Crippen LogP contribution is 2.49. The molecule has 0 aliphatic heterocycles. The van der Waals surface area contributed by atoms with Gasteiger partial charge in [0.1, 0.15) is 6.10 Å². The molecule has 1 saturated carbocycles. The van der Waals surface area contributed by atoms with Crippen LogP contribution in [-0.4, -0.2) is 77.1 Å². The van der Waals surface area contributed by atoms with Gasteiger partial charge in [-0.1, -0.05) is 105 Å². The van der Waals surface area contributed by atoms with Crippen molar-refractivity contribution in [1.29, 1.82) is 0 Å². The van der Waals surface area contributed by atoms with Crippen LogP contribution in [0.3, 0.4) is 0 Å². The van der Waals surface area contributed by atoms with E-state index in [1.165, 1.54) is 68.4 Å². The Labute approximate surface area is 327 Å². The van der Waals surface area contributed by atoms with E-state index in [-0.39, 0.29) is 6.42 Å². The zero-order chi connectivity index (χ0) is 43.3. The van der Waals surface area contributed by atoms with Gasteiger partial charge in [0.2, 0.25) is 0 Å². The molecule has 0 heterocycles. The fourth-order valence-corrected chi connectivity index (χ4v) is 7.62. The van der Waals surface area contributed by atoms with E-state index in [0.29, 0.717) is 21.3 Å². The lowest BCUT2D eigenvalue weighted by Crippen LogP contribution is -2.53. The number of rotatable bonds is 15. The summed E-state index contributed by atoms with van der Waals surface area (Å²) in [6.45, 7) is 1.03. The van der Waals surface area contributed by atoms with E-state index >= 15 is 0 Å². The van der Waals surface area contributed by atoms with E-state index in [0.717, 1.165) is 36.4 Å². The Balaban J connectivity index is 1.73. The van der Waals surface area contributed by atoms with Crippen LogP contribution in [0, 0.1) is 23.7 Å². The Hall–Kier alpha value is -4.68. The topological polar surface area (TPSA) is 107 Å². The molecule has 1 fully saturated rings. The summed E-state index contributed by atoms with van der Waals surface area (Å²) in [5, 5.41) is 0. The lowest BCUT2D eigenvalue weighted by atomic mass is 9.82. The number of alkyl halides is 9. The third kappa shape index (κ3) is 8.27. The summed E-state index contributed by atoms with van der Waals surface area (Å²) in [4.78, 5) is 40.7. The number of hydrogen-bond acceptors (Lipinski definition) is 9. The number of carbonyl (C=O) groups excluding carboxylic acids is 3. The molecule has 0 aromatic heterocycles. The quantitative estimate of drug-likeness (QED) is 0.0851. The molecule has 0 bridgehead atoms. The second-order valence-corrected chi connectivity index (χ2v) is 13.8. The van der Waals surface area contributed by atoms with Crippen molar-refractivity contribution in [1.82, 2.24) is 0 Å². The van der Waals surface area contributed by atoms with Crippen molar-refractivity contribution >= 4 is 17.9 Å². The molecule has 318 valence electrons. The van der Waals surface area contributed by atoms with Crippen molar-refractivity contribution in [2.24, 2.45) is 23.7 Å². The molecule has 9 nitrogen and oxygen atoms in total. The van der Waals surface area contributed by atoms with Crippen LogP contribution in [0.15, 0.2) is 91.0 Å². The molecule has 0 saturated heterocycles. The van der Waals surface area contributed by atoms with Gasteiger partial charge in [-0.2, -0.15) is 39.5 Å². The van der Waals surface area contributed by atoms with Gasteiger partial charge in [0.15, 0.2) is 0 Å². The minimum absolute atomic E-state index is 0.273. The summed E-state index contributed by atoms with van der Waals surface area (Å²) in [5.41, 5.74) is -12.9. The average molecular weight is 837 g/mol. The number of halogens is 9. The first kappa shape index (κ1) is 46.0. The molecular formula is C40H41F9O9. The van der Waals surface area contributed by atoms with E-state index in [2.05, 4.69) is 0 Å². The third-order valence-electron chi connectivity index (χ3n) is 10.6.